The molecule has 2 nitrogen and oxygen atoms in total. The highest BCUT2D eigenvalue weighted by molar-refractivity contribution is 7.98. The van der Waals surface area contributed by atoms with Crippen LogP contribution in [-0.2, 0) is 4.79 Å². The summed E-state index contributed by atoms with van der Waals surface area (Å²) >= 11 is 1.49. The van der Waals surface area contributed by atoms with Crippen molar-refractivity contribution in [2.75, 3.05) is 5.75 Å². The molecule has 0 spiro atoms. The summed E-state index contributed by atoms with van der Waals surface area (Å²) in [6, 6.07) is 0. The molecule has 0 fully saturated rings. The third-order valence-corrected chi connectivity index (χ3v) is 2.34. The zero-order valence-corrected chi connectivity index (χ0v) is 6.36. The highest BCUT2D eigenvalue weighted by atomic mass is 32.2. The molecule has 1 aliphatic heterocycles. The van der Waals surface area contributed by atoms with Crippen LogP contribution < -0.4 is 0 Å². The van der Waals surface area contributed by atoms with Crippen molar-refractivity contribution in [2.24, 2.45) is 10.3 Å². The number of nitrogens with zero attached hydrogens (tertiary/aromatic N) is 1. The monoisotopic (exact) mass is 143 g/mol. The molecule has 0 bridgehead atoms. The summed E-state index contributed by atoms with van der Waals surface area (Å²) in [4.78, 5) is 10.8. The van der Waals surface area contributed by atoms with Gasteiger partial charge in [-0.3, -0.25) is 4.79 Å². The Morgan fingerprint density at radius 2 is 2.56 bits per heavy atom. The summed E-state index contributed by atoms with van der Waals surface area (Å²) in [6.45, 7) is 3.53. The molecule has 3 heteroatoms. The number of hydrogen-bond acceptors (Lipinski definition) is 3. The maximum Gasteiger partial charge on any atom is 0.139 e. The van der Waals surface area contributed by atoms with Gasteiger partial charge in [0.25, 0.3) is 0 Å². The van der Waals surface area contributed by atoms with Gasteiger partial charge in [-0.25, -0.2) is 4.40 Å². The summed E-state index contributed by atoms with van der Waals surface area (Å²) in [5, 5.41) is 0. The normalized spacial score (nSPS) is 26.0. The number of carbonyl (C=O) groups excluding carboxylic acids is 1. The second-order valence-corrected chi connectivity index (χ2v) is 2.97. The minimum Gasteiger partial charge on any atom is -0.299 e. The molecule has 0 saturated carbocycles. The Hall–Kier alpha value is -0.310. The van der Waals surface area contributed by atoms with E-state index in [0.29, 0.717) is 0 Å². The molecule has 0 aromatic carbocycles. The zero-order chi connectivity index (χ0) is 6.85. The van der Waals surface area contributed by atoms with E-state index in [4.69, 9.17) is 0 Å². The van der Waals surface area contributed by atoms with Crippen LogP contribution in [0.2, 0.25) is 0 Å². The lowest BCUT2D eigenvalue weighted by molar-refractivity contribution is -0.118. The van der Waals surface area contributed by atoms with Gasteiger partial charge in [-0.15, -0.1) is 0 Å². The van der Waals surface area contributed by atoms with E-state index in [1.54, 1.807) is 6.92 Å². The van der Waals surface area contributed by atoms with Crippen LogP contribution in [0.15, 0.2) is 4.40 Å². The Labute approximate surface area is 58.9 Å². The number of hydrogen-bond donors (Lipinski definition) is 0. The van der Waals surface area contributed by atoms with Crippen molar-refractivity contribution in [2.45, 2.75) is 13.8 Å². The molecule has 0 N–H and O–H groups in total. The van der Waals surface area contributed by atoms with Crippen LogP contribution in [0.25, 0.3) is 0 Å². The average Bonchev–Trinajstić information content (AvgIpc) is 2.13. The van der Waals surface area contributed by atoms with Crippen molar-refractivity contribution in [1.82, 2.24) is 0 Å². The lowest BCUT2D eigenvalue weighted by Gasteiger charge is -2.00. The maximum absolute atomic E-state index is 10.8. The Morgan fingerprint density at radius 3 is 2.78 bits per heavy atom. The second-order valence-electron chi connectivity index (χ2n) is 2.19. The molecule has 1 atom stereocenters. The fourth-order valence-electron chi connectivity index (χ4n) is 0.809. The minimum absolute atomic E-state index is 0.106. The molecule has 0 radical (unpaired) electrons. The molecule has 1 heterocycles. The molecular weight excluding hydrogens is 134 g/mol. The fraction of sp³-hybridized carbons (Fsp3) is 0.667. The molecule has 0 aromatic rings. The average molecular weight is 143 g/mol. The summed E-state index contributed by atoms with van der Waals surface area (Å²) in [5.41, 5.74) is 0.979. The smallest absolute Gasteiger partial charge is 0.139 e. The first kappa shape index (κ1) is 6.81. The van der Waals surface area contributed by atoms with Crippen molar-refractivity contribution in [3.8, 4) is 0 Å². The van der Waals surface area contributed by atoms with Gasteiger partial charge in [0.2, 0.25) is 0 Å². The minimum atomic E-state index is 0.106. The van der Waals surface area contributed by atoms with Gasteiger partial charge in [-0.05, 0) is 25.8 Å². The van der Waals surface area contributed by atoms with Gasteiger partial charge in [0.05, 0.1) is 5.92 Å². The van der Waals surface area contributed by atoms with Crippen LogP contribution in [0, 0.1) is 5.92 Å². The number of rotatable bonds is 1. The topological polar surface area (TPSA) is 29.4 Å². The van der Waals surface area contributed by atoms with E-state index in [0.717, 1.165) is 11.5 Å². The van der Waals surface area contributed by atoms with Crippen molar-refractivity contribution in [1.29, 1.82) is 0 Å². The Kier molecular flexibility index (Phi) is 1.90. The van der Waals surface area contributed by atoms with Crippen LogP contribution in [0.5, 0.6) is 0 Å². The van der Waals surface area contributed by atoms with E-state index in [2.05, 4.69) is 4.40 Å². The van der Waals surface area contributed by atoms with Gasteiger partial charge in [0, 0.05) is 11.5 Å². The molecule has 1 unspecified atom stereocenters. The van der Waals surface area contributed by atoms with E-state index in [-0.39, 0.29) is 11.7 Å². The van der Waals surface area contributed by atoms with E-state index >= 15 is 0 Å². The first-order chi connectivity index (χ1) is 4.22. The third-order valence-electron chi connectivity index (χ3n) is 1.44. The number of ketones is 1. The van der Waals surface area contributed by atoms with Gasteiger partial charge in [0.15, 0.2) is 0 Å². The van der Waals surface area contributed by atoms with Gasteiger partial charge in [0.1, 0.15) is 5.78 Å². The summed E-state index contributed by atoms with van der Waals surface area (Å²) in [6.07, 6.45) is 0. The van der Waals surface area contributed by atoms with Crippen molar-refractivity contribution < 1.29 is 4.79 Å². The van der Waals surface area contributed by atoms with Crippen molar-refractivity contribution in [3.63, 3.8) is 0 Å². The predicted molar refractivity (Wildman–Crippen MR) is 39.7 cm³/mol. The Balaban J connectivity index is 2.63. The Morgan fingerprint density at radius 1 is 1.89 bits per heavy atom. The standard InChI is InChI=1S/C6H9NOS/c1-4-6(5(2)8)3-9-7-4/h6H,3H2,1-2H3. The highest BCUT2D eigenvalue weighted by Gasteiger charge is 2.21. The largest absolute Gasteiger partial charge is 0.299 e. The van der Waals surface area contributed by atoms with Gasteiger partial charge in [-0.2, -0.15) is 0 Å². The van der Waals surface area contributed by atoms with Crippen molar-refractivity contribution in [3.05, 3.63) is 0 Å². The molecule has 50 valence electrons. The van der Waals surface area contributed by atoms with Gasteiger partial charge in [-0.1, -0.05) is 0 Å². The molecule has 9 heavy (non-hydrogen) atoms. The molecule has 1 aliphatic rings. The summed E-state index contributed by atoms with van der Waals surface area (Å²) in [5.74, 6) is 1.19. The summed E-state index contributed by atoms with van der Waals surface area (Å²) < 4.78 is 4.05. The van der Waals surface area contributed by atoms with E-state index in [9.17, 15) is 4.79 Å². The van der Waals surface area contributed by atoms with Crippen molar-refractivity contribution >= 4 is 23.4 Å². The first-order valence-corrected chi connectivity index (χ1v) is 3.83. The Bertz CT molecular complexity index is 164. The molecule has 1 rings (SSSR count). The maximum atomic E-state index is 10.8. The lowest BCUT2D eigenvalue weighted by atomic mass is 10.0. The number of Topliss-reactive ketones (excluding diaryl/α,β-unsaturated/α-hetero) is 1. The SMILES string of the molecule is CC(=O)C1CSN=C1C. The predicted octanol–water partition coefficient (Wildman–Crippen LogP) is 1.31. The first-order valence-electron chi connectivity index (χ1n) is 2.88. The van der Waals surface area contributed by atoms with E-state index in [1.807, 2.05) is 6.92 Å². The van der Waals surface area contributed by atoms with Crippen LogP contribution in [0.4, 0.5) is 0 Å². The molecule has 0 amide bonds. The van der Waals surface area contributed by atoms with Crippen LogP contribution in [-0.4, -0.2) is 17.2 Å². The fourth-order valence-corrected chi connectivity index (χ4v) is 1.84. The number of carbonyl (C=O) groups is 1. The van der Waals surface area contributed by atoms with Crippen LogP contribution in [0.1, 0.15) is 13.8 Å². The second kappa shape index (κ2) is 2.52. The van der Waals surface area contributed by atoms with E-state index in [1.165, 1.54) is 11.9 Å². The third kappa shape index (κ3) is 1.33. The molecular formula is C6H9NOS. The molecule has 0 saturated heterocycles. The quantitative estimate of drug-likeness (QED) is 0.518. The molecule has 0 aromatic heterocycles. The van der Waals surface area contributed by atoms with E-state index < -0.39 is 0 Å². The van der Waals surface area contributed by atoms with Gasteiger partial charge >= 0.3 is 0 Å². The van der Waals surface area contributed by atoms with Crippen LogP contribution in [0.3, 0.4) is 0 Å². The highest BCUT2D eigenvalue weighted by Crippen LogP contribution is 2.21. The molecule has 0 aliphatic carbocycles. The summed E-state index contributed by atoms with van der Waals surface area (Å²) in [7, 11) is 0. The van der Waals surface area contributed by atoms with Gasteiger partial charge < -0.3 is 0 Å². The lowest BCUT2D eigenvalue weighted by Crippen LogP contribution is -2.17. The zero-order valence-electron chi connectivity index (χ0n) is 5.55. The van der Waals surface area contributed by atoms with Crippen LogP contribution >= 0.6 is 11.9 Å².